The van der Waals surface area contributed by atoms with Crippen molar-refractivity contribution in [1.29, 1.82) is 0 Å². The summed E-state index contributed by atoms with van der Waals surface area (Å²) in [5.41, 5.74) is 5.66. The van der Waals surface area contributed by atoms with Gasteiger partial charge in [-0.05, 0) is 19.1 Å². The van der Waals surface area contributed by atoms with Gasteiger partial charge in [-0.2, -0.15) is 0 Å². The minimum Gasteiger partial charge on any atom is -0.375 e. The summed E-state index contributed by atoms with van der Waals surface area (Å²) in [6, 6.07) is 3.72. The summed E-state index contributed by atoms with van der Waals surface area (Å²) in [5, 5.41) is 0.310. The van der Waals surface area contributed by atoms with E-state index in [1.807, 2.05) is 0 Å². The highest BCUT2D eigenvalue weighted by molar-refractivity contribution is 7.15. The van der Waals surface area contributed by atoms with Crippen LogP contribution in [0.2, 0.25) is 0 Å². The van der Waals surface area contributed by atoms with Crippen molar-refractivity contribution in [1.82, 2.24) is 4.98 Å². The van der Waals surface area contributed by atoms with E-state index in [4.69, 9.17) is 5.73 Å². The lowest BCUT2D eigenvalue weighted by Gasteiger charge is -2.01. The molecule has 0 bridgehead atoms. The lowest BCUT2D eigenvalue weighted by molar-refractivity contribution is 0.588. The zero-order valence-corrected chi connectivity index (χ0v) is 8.74. The van der Waals surface area contributed by atoms with Crippen molar-refractivity contribution in [2.75, 3.05) is 5.73 Å². The third-order valence-electron chi connectivity index (χ3n) is 2.01. The van der Waals surface area contributed by atoms with Crippen molar-refractivity contribution in [3.63, 3.8) is 0 Å². The Kier molecular flexibility index (Phi) is 2.40. The van der Waals surface area contributed by atoms with Crippen LogP contribution in [0.1, 0.15) is 4.88 Å². The second kappa shape index (κ2) is 3.58. The Morgan fingerprint density at radius 2 is 1.87 bits per heavy atom. The number of thiazole rings is 1. The molecule has 0 radical (unpaired) electrons. The summed E-state index contributed by atoms with van der Waals surface area (Å²) in [5.74, 6) is -1.24. The number of anilines is 1. The Bertz CT molecular complexity index is 488. The van der Waals surface area contributed by atoms with E-state index in [9.17, 15) is 8.78 Å². The van der Waals surface area contributed by atoms with E-state index < -0.39 is 11.6 Å². The number of halogens is 2. The van der Waals surface area contributed by atoms with E-state index in [-0.39, 0.29) is 11.3 Å². The maximum atomic E-state index is 13.4. The summed E-state index contributed by atoms with van der Waals surface area (Å²) in [4.78, 5) is 4.62. The van der Waals surface area contributed by atoms with Gasteiger partial charge in [0, 0.05) is 4.88 Å². The van der Waals surface area contributed by atoms with Crippen molar-refractivity contribution >= 4 is 16.5 Å². The zero-order chi connectivity index (χ0) is 11.0. The first-order valence-electron chi connectivity index (χ1n) is 4.27. The molecule has 15 heavy (non-hydrogen) atoms. The molecule has 1 aromatic carbocycles. The van der Waals surface area contributed by atoms with E-state index in [0.29, 0.717) is 10.0 Å². The van der Waals surface area contributed by atoms with Gasteiger partial charge in [0.2, 0.25) is 0 Å². The Morgan fingerprint density at radius 1 is 1.27 bits per heavy atom. The third-order valence-corrected chi connectivity index (χ3v) is 2.81. The smallest absolute Gasteiger partial charge is 0.180 e. The van der Waals surface area contributed by atoms with Crippen LogP contribution in [0.4, 0.5) is 13.9 Å². The monoisotopic (exact) mass is 226 g/mol. The average molecular weight is 226 g/mol. The number of hydrogen-bond acceptors (Lipinski definition) is 3. The van der Waals surface area contributed by atoms with Crippen molar-refractivity contribution in [3.05, 3.63) is 34.7 Å². The van der Waals surface area contributed by atoms with Crippen LogP contribution < -0.4 is 5.73 Å². The number of nitrogen functional groups attached to an aromatic ring is 1. The van der Waals surface area contributed by atoms with Gasteiger partial charge in [0.25, 0.3) is 0 Å². The van der Waals surface area contributed by atoms with Gasteiger partial charge in [-0.25, -0.2) is 13.8 Å². The molecule has 2 N–H and O–H groups in total. The van der Waals surface area contributed by atoms with Crippen molar-refractivity contribution in [2.24, 2.45) is 0 Å². The molecule has 0 saturated carbocycles. The summed E-state index contributed by atoms with van der Waals surface area (Å²) in [7, 11) is 0. The van der Waals surface area contributed by atoms with E-state index in [2.05, 4.69) is 4.98 Å². The lowest BCUT2D eigenvalue weighted by Crippen LogP contribution is -1.92. The number of nitrogens with zero attached hydrogens (tertiary/aromatic N) is 1. The fourth-order valence-electron chi connectivity index (χ4n) is 1.37. The van der Waals surface area contributed by atoms with E-state index in [0.717, 1.165) is 0 Å². The highest BCUT2D eigenvalue weighted by atomic mass is 32.1. The Hall–Kier alpha value is -1.49. The largest absolute Gasteiger partial charge is 0.375 e. The molecule has 0 aliphatic heterocycles. The lowest BCUT2D eigenvalue weighted by atomic mass is 10.1. The molecule has 2 rings (SSSR count). The average Bonchev–Trinajstić information content (AvgIpc) is 2.45. The fraction of sp³-hybridized carbons (Fsp3) is 0.100. The topological polar surface area (TPSA) is 38.9 Å². The van der Waals surface area contributed by atoms with Gasteiger partial charge >= 0.3 is 0 Å². The van der Waals surface area contributed by atoms with Crippen LogP contribution in [0.25, 0.3) is 11.3 Å². The molecule has 0 unspecified atom stereocenters. The van der Waals surface area contributed by atoms with Gasteiger partial charge in [-0.15, -0.1) is 11.3 Å². The minimum absolute atomic E-state index is 0.108. The molecule has 0 amide bonds. The van der Waals surface area contributed by atoms with Crippen LogP contribution >= 0.6 is 11.3 Å². The number of benzene rings is 1. The maximum Gasteiger partial charge on any atom is 0.180 e. The fourth-order valence-corrected chi connectivity index (χ4v) is 2.07. The normalized spacial score (nSPS) is 10.6. The minimum atomic E-state index is -0.622. The van der Waals surface area contributed by atoms with Crippen LogP contribution in [0.5, 0.6) is 0 Å². The molecule has 2 aromatic rings. The molecule has 1 aromatic heterocycles. The molecular formula is C10H8F2N2S. The molecule has 0 fully saturated rings. The molecule has 0 atom stereocenters. The Balaban J connectivity index is 2.68. The number of aryl methyl sites for hydroxylation is 1. The van der Waals surface area contributed by atoms with E-state index >= 15 is 0 Å². The zero-order valence-electron chi connectivity index (χ0n) is 7.92. The summed E-state index contributed by atoms with van der Waals surface area (Å²) in [6.07, 6.45) is 0. The molecule has 0 spiro atoms. The molecule has 0 aliphatic carbocycles. The number of hydrogen-bond donors (Lipinski definition) is 1. The van der Waals surface area contributed by atoms with Gasteiger partial charge in [0.05, 0.1) is 11.3 Å². The number of nitrogens with two attached hydrogens (primary N) is 1. The first-order valence-corrected chi connectivity index (χ1v) is 5.08. The van der Waals surface area contributed by atoms with Gasteiger partial charge in [0.15, 0.2) is 5.13 Å². The molecule has 0 saturated heterocycles. The number of rotatable bonds is 1. The van der Waals surface area contributed by atoms with Crippen LogP contribution in [0, 0.1) is 18.6 Å². The van der Waals surface area contributed by atoms with E-state index in [1.54, 1.807) is 6.92 Å². The van der Waals surface area contributed by atoms with Crippen LogP contribution in [-0.2, 0) is 0 Å². The van der Waals surface area contributed by atoms with Crippen molar-refractivity contribution in [2.45, 2.75) is 6.92 Å². The standard InChI is InChI=1S/C10H8F2N2S/c1-5-9(14-10(13)15-5)8-6(11)3-2-4-7(8)12/h2-4H,1H3,(H2,13,14). The first kappa shape index (κ1) is 10.0. The van der Waals surface area contributed by atoms with Crippen molar-refractivity contribution < 1.29 is 8.78 Å². The van der Waals surface area contributed by atoms with Crippen LogP contribution in [0.3, 0.4) is 0 Å². The molecule has 2 nitrogen and oxygen atoms in total. The number of aromatic nitrogens is 1. The van der Waals surface area contributed by atoms with Crippen molar-refractivity contribution in [3.8, 4) is 11.3 Å². The second-order valence-corrected chi connectivity index (χ2v) is 4.29. The van der Waals surface area contributed by atoms with Gasteiger partial charge in [-0.3, -0.25) is 0 Å². The summed E-state index contributed by atoms with van der Waals surface area (Å²) >= 11 is 1.21. The van der Waals surface area contributed by atoms with E-state index in [1.165, 1.54) is 29.5 Å². The molecular weight excluding hydrogens is 218 g/mol. The van der Waals surface area contributed by atoms with Gasteiger partial charge < -0.3 is 5.73 Å². The molecule has 1 heterocycles. The Labute approximate surface area is 89.4 Å². The van der Waals surface area contributed by atoms with Gasteiger partial charge in [0.1, 0.15) is 11.6 Å². The molecule has 78 valence electrons. The SMILES string of the molecule is Cc1sc(N)nc1-c1c(F)cccc1F. The van der Waals surface area contributed by atoms with Crippen LogP contribution in [0.15, 0.2) is 18.2 Å². The van der Waals surface area contributed by atoms with Crippen LogP contribution in [-0.4, -0.2) is 4.98 Å². The second-order valence-electron chi connectivity index (χ2n) is 3.05. The first-order chi connectivity index (χ1) is 7.09. The molecule has 0 aliphatic rings. The maximum absolute atomic E-state index is 13.4. The third kappa shape index (κ3) is 1.70. The summed E-state index contributed by atoms with van der Waals surface area (Å²) < 4.78 is 26.8. The predicted octanol–water partition coefficient (Wildman–Crippen LogP) is 2.98. The summed E-state index contributed by atoms with van der Waals surface area (Å²) in [6.45, 7) is 1.73. The highest BCUT2D eigenvalue weighted by Gasteiger charge is 2.16. The van der Waals surface area contributed by atoms with Gasteiger partial charge in [-0.1, -0.05) is 6.07 Å². The predicted molar refractivity (Wildman–Crippen MR) is 56.6 cm³/mol. The molecule has 5 heteroatoms. The quantitative estimate of drug-likeness (QED) is 0.811. The highest BCUT2D eigenvalue weighted by Crippen LogP contribution is 2.32. The Morgan fingerprint density at radius 3 is 2.33 bits per heavy atom.